The Labute approximate surface area is 185 Å². The quantitative estimate of drug-likeness (QED) is 0.633. The summed E-state index contributed by atoms with van der Waals surface area (Å²) in [5, 5.41) is 1.03. The number of nitrogens with one attached hydrogen (secondary N) is 1. The van der Waals surface area contributed by atoms with Gasteiger partial charge in [0.2, 0.25) is 5.91 Å². The van der Waals surface area contributed by atoms with Gasteiger partial charge in [-0.1, -0.05) is 35.9 Å². The van der Waals surface area contributed by atoms with Gasteiger partial charge >= 0.3 is 5.97 Å². The van der Waals surface area contributed by atoms with E-state index in [4.69, 9.17) is 4.74 Å². The van der Waals surface area contributed by atoms with Crippen molar-refractivity contribution in [1.29, 1.82) is 0 Å². The molecule has 0 saturated carbocycles. The normalized spacial score (nSPS) is 20.2. The van der Waals surface area contributed by atoms with Crippen LogP contribution in [0.2, 0.25) is 0 Å². The maximum absolute atomic E-state index is 13.4. The summed E-state index contributed by atoms with van der Waals surface area (Å²) in [6, 6.07) is 12.4. The Balaban J connectivity index is 1.57. The molecule has 2 amide bonds. The number of para-hydroxylation sites is 1. The predicted octanol–water partition coefficient (Wildman–Crippen LogP) is 2.91. The molecule has 7 nitrogen and oxygen atoms in total. The molecule has 2 aliphatic heterocycles. The summed E-state index contributed by atoms with van der Waals surface area (Å²) in [5.74, 6) is -0.860. The second-order valence-electron chi connectivity index (χ2n) is 8.63. The van der Waals surface area contributed by atoms with E-state index in [2.05, 4.69) is 4.98 Å². The third-order valence-corrected chi connectivity index (χ3v) is 6.63. The first-order valence-corrected chi connectivity index (χ1v) is 10.7. The monoisotopic (exact) mass is 431 g/mol. The number of carbonyl (C=O) groups is 3. The van der Waals surface area contributed by atoms with Gasteiger partial charge in [0, 0.05) is 35.1 Å². The van der Waals surface area contributed by atoms with Crippen LogP contribution in [0.15, 0.2) is 42.5 Å². The second-order valence-corrected chi connectivity index (χ2v) is 8.63. The van der Waals surface area contributed by atoms with Gasteiger partial charge in [-0.2, -0.15) is 0 Å². The third kappa shape index (κ3) is 3.07. The van der Waals surface area contributed by atoms with Gasteiger partial charge in [0.15, 0.2) is 0 Å². The van der Waals surface area contributed by atoms with Gasteiger partial charge in [-0.25, -0.2) is 4.79 Å². The molecule has 1 saturated heterocycles. The first kappa shape index (κ1) is 20.3. The lowest BCUT2D eigenvalue weighted by molar-refractivity contribution is -0.159. The fourth-order valence-electron chi connectivity index (χ4n) is 5.13. The number of aromatic amines is 1. The zero-order valence-electron chi connectivity index (χ0n) is 18.3. The molecule has 7 heteroatoms. The number of fused-ring (bicyclic) bond motifs is 5. The number of amides is 2. The molecule has 2 aromatic carbocycles. The standard InChI is InChI=1S/C25H25N3O4/c1-14-8-9-16(15(2)10-14)24(30)27-12-21-23-18(17-6-4-5-7-19(17)26-23)11-20(25(31)32-3)28(21)22(29)13-27/h4-10,20-21,26H,11-13H2,1-3H3/t20-,21-/m1/s1. The van der Waals surface area contributed by atoms with Crippen molar-refractivity contribution in [3.8, 4) is 0 Å². The molecular formula is C25H25N3O4. The van der Waals surface area contributed by atoms with Crippen molar-refractivity contribution in [3.05, 3.63) is 70.4 Å². The van der Waals surface area contributed by atoms with Crippen molar-refractivity contribution in [2.24, 2.45) is 0 Å². The fourth-order valence-corrected chi connectivity index (χ4v) is 5.13. The second kappa shape index (κ2) is 7.51. The van der Waals surface area contributed by atoms with Gasteiger partial charge in [0.05, 0.1) is 13.2 Å². The number of ether oxygens (including phenoxy) is 1. The summed E-state index contributed by atoms with van der Waals surface area (Å²) in [7, 11) is 1.34. The largest absolute Gasteiger partial charge is 0.467 e. The van der Waals surface area contributed by atoms with Gasteiger partial charge < -0.3 is 19.5 Å². The highest BCUT2D eigenvalue weighted by Crippen LogP contribution is 2.40. The van der Waals surface area contributed by atoms with E-state index < -0.39 is 18.1 Å². The van der Waals surface area contributed by atoms with Crippen molar-refractivity contribution < 1.29 is 19.1 Å². The Bertz CT molecular complexity index is 1260. The van der Waals surface area contributed by atoms with E-state index in [1.807, 2.05) is 56.3 Å². The van der Waals surface area contributed by atoms with Crippen LogP contribution in [0.25, 0.3) is 10.9 Å². The van der Waals surface area contributed by atoms with E-state index in [1.165, 1.54) is 7.11 Å². The summed E-state index contributed by atoms with van der Waals surface area (Å²) in [6.45, 7) is 4.13. The molecule has 0 unspecified atom stereocenters. The topological polar surface area (TPSA) is 82.7 Å². The summed E-state index contributed by atoms with van der Waals surface area (Å²) in [6.07, 6.45) is 0.388. The summed E-state index contributed by atoms with van der Waals surface area (Å²) in [5.41, 5.74) is 5.40. The molecule has 1 aromatic heterocycles. The molecule has 0 bridgehead atoms. The number of methoxy groups -OCH3 is 1. The number of hydrogen-bond acceptors (Lipinski definition) is 4. The summed E-state index contributed by atoms with van der Waals surface area (Å²) in [4.78, 5) is 45.9. The highest BCUT2D eigenvalue weighted by atomic mass is 16.5. The average molecular weight is 431 g/mol. The molecule has 3 heterocycles. The van der Waals surface area contributed by atoms with Crippen LogP contribution < -0.4 is 0 Å². The van der Waals surface area contributed by atoms with Crippen LogP contribution in [0.3, 0.4) is 0 Å². The number of carbonyl (C=O) groups excluding carboxylic acids is 3. The Morgan fingerprint density at radius 2 is 1.91 bits per heavy atom. The number of nitrogens with zero attached hydrogens (tertiary/aromatic N) is 2. The van der Waals surface area contributed by atoms with Crippen LogP contribution in [0.4, 0.5) is 0 Å². The van der Waals surface area contributed by atoms with Crippen LogP contribution >= 0.6 is 0 Å². The van der Waals surface area contributed by atoms with Crippen molar-refractivity contribution in [2.45, 2.75) is 32.4 Å². The van der Waals surface area contributed by atoms with Gasteiger partial charge in [-0.15, -0.1) is 0 Å². The fraction of sp³-hybridized carbons (Fsp3) is 0.320. The molecule has 5 rings (SSSR count). The maximum atomic E-state index is 13.4. The van der Waals surface area contributed by atoms with E-state index >= 15 is 0 Å². The van der Waals surface area contributed by atoms with Crippen LogP contribution in [-0.2, 0) is 20.7 Å². The Kier molecular flexibility index (Phi) is 4.77. The van der Waals surface area contributed by atoms with Gasteiger partial charge in [0.25, 0.3) is 5.91 Å². The van der Waals surface area contributed by atoms with Crippen LogP contribution in [0, 0.1) is 13.8 Å². The molecular weight excluding hydrogens is 406 g/mol. The first-order valence-electron chi connectivity index (χ1n) is 10.7. The molecule has 0 radical (unpaired) electrons. The van der Waals surface area contributed by atoms with Gasteiger partial charge in [-0.3, -0.25) is 9.59 Å². The molecule has 2 aliphatic rings. The van der Waals surface area contributed by atoms with E-state index in [1.54, 1.807) is 9.80 Å². The van der Waals surface area contributed by atoms with Gasteiger partial charge in [0.1, 0.15) is 12.6 Å². The smallest absolute Gasteiger partial charge is 0.328 e. The maximum Gasteiger partial charge on any atom is 0.328 e. The Morgan fingerprint density at radius 3 is 2.66 bits per heavy atom. The SMILES string of the molecule is COC(=O)[C@H]1Cc2c([nH]c3ccccc23)[C@H]2CN(C(=O)c3ccc(C)cc3C)CC(=O)N12. The zero-order chi connectivity index (χ0) is 22.6. The predicted molar refractivity (Wildman–Crippen MR) is 119 cm³/mol. The zero-order valence-corrected chi connectivity index (χ0v) is 18.3. The molecule has 0 spiro atoms. The Hall–Kier alpha value is -3.61. The number of H-pyrrole nitrogens is 1. The van der Waals surface area contributed by atoms with E-state index in [0.29, 0.717) is 18.5 Å². The summed E-state index contributed by atoms with van der Waals surface area (Å²) >= 11 is 0. The summed E-state index contributed by atoms with van der Waals surface area (Å²) < 4.78 is 5.04. The lowest BCUT2D eigenvalue weighted by atomic mass is 9.89. The van der Waals surface area contributed by atoms with E-state index in [-0.39, 0.29) is 18.4 Å². The number of benzene rings is 2. The highest BCUT2D eigenvalue weighted by Gasteiger charge is 2.47. The molecule has 1 fully saturated rings. The average Bonchev–Trinajstić information content (AvgIpc) is 3.16. The number of piperazine rings is 1. The minimum atomic E-state index is -0.706. The molecule has 3 aromatic rings. The van der Waals surface area contributed by atoms with E-state index in [0.717, 1.165) is 33.3 Å². The lowest BCUT2D eigenvalue weighted by Crippen LogP contribution is -2.61. The van der Waals surface area contributed by atoms with Crippen LogP contribution in [0.1, 0.15) is 38.8 Å². The minimum Gasteiger partial charge on any atom is -0.467 e. The molecule has 32 heavy (non-hydrogen) atoms. The number of hydrogen-bond donors (Lipinski definition) is 1. The number of rotatable bonds is 2. The highest BCUT2D eigenvalue weighted by molar-refractivity contribution is 5.99. The van der Waals surface area contributed by atoms with Crippen molar-refractivity contribution in [2.75, 3.05) is 20.2 Å². The first-order chi connectivity index (χ1) is 15.4. The molecule has 164 valence electrons. The number of aromatic nitrogens is 1. The molecule has 1 N–H and O–H groups in total. The minimum absolute atomic E-state index is 0.0638. The Morgan fingerprint density at radius 1 is 1.12 bits per heavy atom. The van der Waals surface area contributed by atoms with Crippen molar-refractivity contribution >= 4 is 28.7 Å². The molecule has 2 atom stereocenters. The lowest BCUT2D eigenvalue weighted by Gasteiger charge is -2.46. The van der Waals surface area contributed by atoms with Gasteiger partial charge in [-0.05, 0) is 37.1 Å². The van der Waals surface area contributed by atoms with Crippen molar-refractivity contribution in [3.63, 3.8) is 0 Å². The molecule has 0 aliphatic carbocycles. The van der Waals surface area contributed by atoms with Crippen molar-refractivity contribution in [1.82, 2.24) is 14.8 Å². The van der Waals surface area contributed by atoms with Crippen LogP contribution in [-0.4, -0.2) is 58.8 Å². The van der Waals surface area contributed by atoms with E-state index in [9.17, 15) is 14.4 Å². The number of aryl methyl sites for hydroxylation is 2. The van der Waals surface area contributed by atoms with Crippen LogP contribution in [0.5, 0.6) is 0 Å². The third-order valence-electron chi connectivity index (χ3n) is 6.63. The number of esters is 1.